The minimum absolute atomic E-state index is 0.407. The zero-order chi connectivity index (χ0) is 19.1. The topological polar surface area (TPSA) is 52.6 Å². The Kier molecular flexibility index (Phi) is 4.48. The summed E-state index contributed by atoms with van der Waals surface area (Å²) in [6.07, 6.45) is 4.90. The van der Waals surface area contributed by atoms with Crippen LogP contribution >= 0.6 is 0 Å². The van der Waals surface area contributed by atoms with Crippen LogP contribution in [0.15, 0.2) is 48.5 Å². The van der Waals surface area contributed by atoms with Crippen LogP contribution < -0.4 is 5.32 Å². The van der Waals surface area contributed by atoms with Crippen LogP contribution in [0.3, 0.4) is 0 Å². The van der Waals surface area contributed by atoms with Crippen LogP contribution in [-0.4, -0.2) is 41.7 Å². The smallest absolute Gasteiger partial charge is 0.335 e. The molecule has 2 atom stereocenters. The fourth-order valence-electron chi connectivity index (χ4n) is 4.76. The third-order valence-corrected chi connectivity index (χ3v) is 6.82. The Balaban J connectivity index is 1.16. The molecule has 4 heteroatoms. The number of carboxylic acids is 1. The molecule has 0 radical (unpaired) electrons. The molecule has 1 heterocycles. The molecule has 1 unspecified atom stereocenters. The summed E-state index contributed by atoms with van der Waals surface area (Å²) in [5, 5.41) is 13.1. The van der Waals surface area contributed by atoms with Gasteiger partial charge in [-0.15, -0.1) is 0 Å². The van der Waals surface area contributed by atoms with Gasteiger partial charge in [-0.05, 0) is 59.9 Å². The van der Waals surface area contributed by atoms with E-state index < -0.39 is 5.97 Å². The predicted molar refractivity (Wildman–Crippen MR) is 110 cm³/mol. The minimum atomic E-state index is -0.833. The number of carbonyl (C=O) groups is 1. The van der Waals surface area contributed by atoms with Gasteiger partial charge in [0.05, 0.1) is 5.56 Å². The van der Waals surface area contributed by atoms with E-state index in [0.717, 1.165) is 32.6 Å². The van der Waals surface area contributed by atoms with Crippen LogP contribution in [0.25, 0.3) is 0 Å². The van der Waals surface area contributed by atoms with Gasteiger partial charge >= 0.3 is 5.97 Å². The number of aromatic carboxylic acids is 1. The second kappa shape index (κ2) is 7.02. The van der Waals surface area contributed by atoms with Crippen LogP contribution in [0.2, 0.25) is 0 Å². The summed E-state index contributed by atoms with van der Waals surface area (Å²) in [6, 6.07) is 17.1. The van der Waals surface area contributed by atoms with Crippen molar-refractivity contribution in [2.45, 2.75) is 44.2 Å². The molecule has 0 saturated heterocycles. The Hall–Kier alpha value is -2.17. The Morgan fingerprint density at radius 2 is 1.96 bits per heavy atom. The molecule has 2 aromatic carbocycles. The molecule has 3 aliphatic rings. The van der Waals surface area contributed by atoms with Crippen LogP contribution in [0.5, 0.6) is 0 Å². The molecule has 0 bridgehead atoms. The van der Waals surface area contributed by atoms with E-state index in [1.807, 2.05) is 12.1 Å². The number of carboxylic acid groups (broad SMARTS) is 1. The Morgan fingerprint density at radius 3 is 2.71 bits per heavy atom. The van der Waals surface area contributed by atoms with Gasteiger partial charge in [0, 0.05) is 38.1 Å². The van der Waals surface area contributed by atoms with E-state index in [1.54, 1.807) is 6.07 Å². The highest BCUT2D eigenvalue weighted by Gasteiger charge is 2.46. The molecule has 0 amide bonds. The van der Waals surface area contributed by atoms with E-state index in [1.165, 1.54) is 36.0 Å². The summed E-state index contributed by atoms with van der Waals surface area (Å²) >= 11 is 0. The van der Waals surface area contributed by atoms with Crippen molar-refractivity contribution in [2.24, 2.45) is 5.41 Å². The van der Waals surface area contributed by atoms with Gasteiger partial charge in [0.2, 0.25) is 0 Å². The second-order valence-corrected chi connectivity index (χ2v) is 8.99. The molecule has 0 spiro atoms. The van der Waals surface area contributed by atoms with Gasteiger partial charge in [0.15, 0.2) is 0 Å². The second-order valence-electron chi connectivity index (χ2n) is 8.99. The molecule has 0 aromatic heterocycles. The minimum Gasteiger partial charge on any atom is -0.478 e. The fourth-order valence-corrected chi connectivity index (χ4v) is 4.76. The highest BCUT2D eigenvalue weighted by atomic mass is 16.4. The lowest BCUT2D eigenvalue weighted by atomic mass is 9.96. The van der Waals surface area contributed by atoms with Crippen molar-refractivity contribution in [3.8, 4) is 0 Å². The summed E-state index contributed by atoms with van der Waals surface area (Å²) < 4.78 is 0. The number of rotatable bonds is 7. The maximum Gasteiger partial charge on any atom is 0.335 e. The third kappa shape index (κ3) is 3.71. The maximum atomic E-state index is 11.3. The summed E-state index contributed by atoms with van der Waals surface area (Å²) in [5.74, 6) is -0.145. The molecular weight excluding hydrogens is 348 g/mol. The van der Waals surface area contributed by atoms with E-state index in [4.69, 9.17) is 0 Å². The van der Waals surface area contributed by atoms with E-state index >= 15 is 0 Å². The summed E-state index contributed by atoms with van der Waals surface area (Å²) in [5.41, 5.74) is 4.80. The molecule has 4 nitrogen and oxygen atoms in total. The molecular formula is C24H28N2O2. The summed E-state index contributed by atoms with van der Waals surface area (Å²) in [4.78, 5) is 13.8. The number of fused-ring (bicyclic) bond motifs is 1. The van der Waals surface area contributed by atoms with Crippen molar-refractivity contribution in [3.63, 3.8) is 0 Å². The van der Waals surface area contributed by atoms with Crippen molar-refractivity contribution >= 4 is 5.97 Å². The van der Waals surface area contributed by atoms with Crippen LogP contribution in [0, 0.1) is 5.41 Å². The number of hydrogen-bond donors (Lipinski definition) is 2. The lowest BCUT2D eigenvalue weighted by Gasteiger charge is -2.32. The molecule has 28 heavy (non-hydrogen) atoms. The predicted octanol–water partition coefficient (Wildman–Crippen LogP) is 3.67. The third-order valence-electron chi connectivity index (χ3n) is 6.82. The molecule has 2 N–H and O–H groups in total. The van der Waals surface area contributed by atoms with Crippen molar-refractivity contribution < 1.29 is 9.90 Å². The first-order valence-electron chi connectivity index (χ1n) is 10.5. The van der Waals surface area contributed by atoms with E-state index in [2.05, 4.69) is 40.5 Å². The maximum absolute atomic E-state index is 11.3. The van der Waals surface area contributed by atoms with Crippen molar-refractivity contribution in [3.05, 3.63) is 70.8 Å². The number of hydrogen-bond acceptors (Lipinski definition) is 3. The van der Waals surface area contributed by atoms with Crippen LogP contribution in [0.1, 0.15) is 52.2 Å². The average Bonchev–Trinajstić information content (AvgIpc) is 3.63. The molecule has 146 valence electrons. The normalized spacial score (nSPS) is 25.1. The van der Waals surface area contributed by atoms with E-state index in [0.29, 0.717) is 22.9 Å². The van der Waals surface area contributed by atoms with Gasteiger partial charge < -0.3 is 10.4 Å². The first-order valence-corrected chi connectivity index (χ1v) is 10.5. The van der Waals surface area contributed by atoms with Gasteiger partial charge in [0.1, 0.15) is 0 Å². The van der Waals surface area contributed by atoms with Gasteiger partial charge in [0.25, 0.3) is 0 Å². The van der Waals surface area contributed by atoms with E-state index in [-0.39, 0.29) is 0 Å². The fraction of sp³-hybridized carbons (Fsp3) is 0.458. The average molecular weight is 377 g/mol. The van der Waals surface area contributed by atoms with Gasteiger partial charge in [-0.1, -0.05) is 36.4 Å². The molecule has 2 fully saturated rings. The molecule has 5 rings (SSSR count). The van der Waals surface area contributed by atoms with E-state index in [9.17, 15) is 9.90 Å². The summed E-state index contributed by atoms with van der Waals surface area (Å²) in [7, 11) is 0. The lowest BCUT2D eigenvalue weighted by Crippen LogP contribution is -2.39. The first-order chi connectivity index (χ1) is 13.6. The van der Waals surface area contributed by atoms with Gasteiger partial charge in [-0.25, -0.2) is 4.79 Å². The van der Waals surface area contributed by atoms with Gasteiger partial charge in [-0.2, -0.15) is 0 Å². The van der Waals surface area contributed by atoms with Crippen molar-refractivity contribution in [2.75, 3.05) is 19.6 Å². The molecule has 2 saturated carbocycles. The summed E-state index contributed by atoms with van der Waals surface area (Å²) in [6.45, 7) is 4.20. The molecule has 2 aliphatic carbocycles. The Bertz CT molecular complexity index is 875. The Morgan fingerprint density at radius 1 is 1.14 bits per heavy atom. The number of nitrogens with one attached hydrogen (secondary N) is 1. The lowest BCUT2D eigenvalue weighted by molar-refractivity contribution is 0.0696. The van der Waals surface area contributed by atoms with Gasteiger partial charge in [-0.3, -0.25) is 4.90 Å². The SMILES string of the molecule is O=C(O)c1ccc2c(c1)CN(CC1(CNC3C[C@@H]3c3ccccc3)CC1)CC2. The number of nitrogens with zero attached hydrogens (tertiary/aromatic N) is 1. The Labute approximate surface area is 166 Å². The monoisotopic (exact) mass is 376 g/mol. The first kappa shape index (κ1) is 17.9. The zero-order valence-electron chi connectivity index (χ0n) is 16.2. The largest absolute Gasteiger partial charge is 0.478 e. The van der Waals surface area contributed by atoms with Crippen molar-refractivity contribution in [1.29, 1.82) is 0 Å². The van der Waals surface area contributed by atoms with Crippen molar-refractivity contribution in [1.82, 2.24) is 10.2 Å². The standard InChI is InChI=1S/C24H28N2O2/c27-23(28)19-7-6-17-8-11-26(14-20(17)12-19)16-24(9-10-24)15-25-22-13-21(22)18-4-2-1-3-5-18/h1-7,12,21-22,25H,8-11,13-16H2,(H,27,28)/t21-,22?/m1/s1. The molecule has 2 aromatic rings. The molecule has 1 aliphatic heterocycles. The van der Waals surface area contributed by atoms with Crippen LogP contribution in [0.4, 0.5) is 0 Å². The highest BCUT2D eigenvalue weighted by molar-refractivity contribution is 5.87. The quantitative estimate of drug-likeness (QED) is 0.774. The van der Waals surface area contributed by atoms with Crippen LogP contribution in [-0.2, 0) is 13.0 Å². The highest BCUT2D eigenvalue weighted by Crippen LogP contribution is 2.48. The number of benzene rings is 2. The zero-order valence-corrected chi connectivity index (χ0v) is 16.2.